The van der Waals surface area contributed by atoms with Crippen molar-refractivity contribution in [2.24, 2.45) is 5.92 Å². The minimum Gasteiger partial charge on any atom is -0.319 e. The monoisotopic (exact) mass is 396 g/mol. The van der Waals surface area contributed by atoms with E-state index in [-0.39, 0.29) is 17.0 Å². The molecule has 144 valence electrons. The van der Waals surface area contributed by atoms with Gasteiger partial charge in [-0.25, -0.2) is 4.98 Å². The SMILES string of the molecule is CCCCn1c(SCC(=O)[C@@H](C#N)C(C)=N)nc2cc(C(F)(F)F)ccc21. The van der Waals surface area contributed by atoms with Crippen molar-refractivity contribution in [2.75, 3.05) is 5.75 Å². The van der Waals surface area contributed by atoms with Gasteiger partial charge in [0, 0.05) is 12.3 Å². The van der Waals surface area contributed by atoms with E-state index in [9.17, 15) is 18.0 Å². The van der Waals surface area contributed by atoms with Crippen LogP contribution in [0.4, 0.5) is 13.2 Å². The van der Waals surface area contributed by atoms with Gasteiger partial charge in [0.2, 0.25) is 0 Å². The number of rotatable bonds is 8. The van der Waals surface area contributed by atoms with Gasteiger partial charge in [-0.15, -0.1) is 0 Å². The van der Waals surface area contributed by atoms with Crippen molar-refractivity contribution in [3.05, 3.63) is 23.8 Å². The number of fused-ring (bicyclic) bond motifs is 1. The van der Waals surface area contributed by atoms with Gasteiger partial charge < -0.3 is 9.98 Å². The topological polar surface area (TPSA) is 82.5 Å². The summed E-state index contributed by atoms with van der Waals surface area (Å²) < 4.78 is 40.6. The molecule has 1 aromatic heterocycles. The van der Waals surface area contributed by atoms with Crippen LogP contribution in [0, 0.1) is 22.7 Å². The van der Waals surface area contributed by atoms with Gasteiger partial charge in [-0.3, -0.25) is 4.79 Å². The maximum atomic E-state index is 12.9. The smallest absolute Gasteiger partial charge is 0.319 e. The molecule has 0 aliphatic heterocycles. The van der Waals surface area contributed by atoms with Crippen molar-refractivity contribution in [1.82, 2.24) is 9.55 Å². The molecule has 2 aromatic rings. The molecule has 0 bridgehead atoms. The van der Waals surface area contributed by atoms with Gasteiger partial charge in [-0.2, -0.15) is 18.4 Å². The average Bonchev–Trinajstić information content (AvgIpc) is 2.94. The van der Waals surface area contributed by atoms with Crippen LogP contribution < -0.4 is 0 Å². The molecule has 0 saturated carbocycles. The summed E-state index contributed by atoms with van der Waals surface area (Å²) in [7, 11) is 0. The maximum absolute atomic E-state index is 12.9. The standard InChI is InChI=1S/C18H19F3N4OS/c1-3-4-7-25-15-6-5-12(18(19,20)21)8-14(15)24-17(25)27-10-16(26)13(9-22)11(2)23/h5-6,8,13,23H,3-4,7,10H2,1-2H3/t13-/m0/s1. The van der Waals surface area contributed by atoms with Crippen LogP contribution in [0.2, 0.25) is 0 Å². The van der Waals surface area contributed by atoms with Gasteiger partial charge in [-0.1, -0.05) is 25.1 Å². The Morgan fingerprint density at radius 2 is 2.15 bits per heavy atom. The van der Waals surface area contributed by atoms with E-state index >= 15 is 0 Å². The molecule has 0 saturated heterocycles. The van der Waals surface area contributed by atoms with Gasteiger partial charge in [0.15, 0.2) is 10.9 Å². The van der Waals surface area contributed by atoms with Crippen LogP contribution in [0.3, 0.4) is 0 Å². The number of nitriles is 1. The molecule has 5 nitrogen and oxygen atoms in total. The summed E-state index contributed by atoms with van der Waals surface area (Å²) in [5.74, 6) is -1.60. The predicted molar refractivity (Wildman–Crippen MR) is 97.9 cm³/mol. The Hall–Kier alpha value is -2.34. The highest BCUT2D eigenvalue weighted by Gasteiger charge is 2.31. The fourth-order valence-electron chi connectivity index (χ4n) is 2.56. The third kappa shape index (κ3) is 4.89. The number of carbonyl (C=O) groups excluding carboxylic acids is 1. The van der Waals surface area contributed by atoms with Crippen LogP contribution in [-0.2, 0) is 17.5 Å². The van der Waals surface area contributed by atoms with Crippen molar-refractivity contribution in [2.45, 2.75) is 44.6 Å². The van der Waals surface area contributed by atoms with Gasteiger partial charge in [0.25, 0.3) is 0 Å². The number of halogens is 3. The second-order valence-corrected chi connectivity index (χ2v) is 7.04. The number of Topliss-reactive ketones (excluding diaryl/α,β-unsaturated/α-hetero) is 1. The molecule has 27 heavy (non-hydrogen) atoms. The Morgan fingerprint density at radius 3 is 2.70 bits per heavy atom. The summed E-state index contributed by atoms with van der Waals surface area (Å²) in [4.78, 5) is 16.4. The normalized spacial score (nSPS) is 12.7. The van der Waals surface area contributed by atoms with Crippen molar-refractivity contribution in [3.8, 4) is 6.07 Å². The number of aromatic nitrogens is 2. The summed E-state index contributed by atoms with van der Waals surface area (Å²) in [6.07, 6.45) is -2.74. The Labute approximate surface area is 159 Å². The highest BCUT2D eigenvalue weighted by atomic mass is 32.2. The van der Waals surface area contributed by atoms with Crippen LogP contribution in [0.5, 0.6) is 0 Å². The van der Waals surface area contributed by atoms with Gasteiger partial charge in [-0.05, 0) is 31.5 Å². The number of imidazole rings is 1. The van der Waals surface area contributed by atoms with Crippen molar-refractivity contribution >= 4 is 34.3 Å². The molecule has 0 fully saturated rings. The molecule has 1 N–H and O–H groups in total. The van der Waals surface area contributed by atoms with Gasteiger partial charge in [0.05, 0.1) is 28.4 Å². The first kappa shape index (κ1) is 21.0. The Balaban J connectivity index is 2.35. The molecular weight excluding hydrogens is 377 g/mol. The van der Waals surface area contributed by atoms with E-state index in [1.807, 2.05) is 6.92 Å². The molecule has 1 atom stereocenters. The van der Waals surface area contributed by atoms with Crippen molar-refractivity contribution < 1.29 is 18.0 Å². The number of thioether (sulfide) groups is 1. The van der Waals surface area contributed by atoms with E-state index in [0.717, 1.165) is 36.7 Å². The van der Waals surface area contributed by atoms with E-state index in [4.69, 9.17) is 10.7 Å². The lowest BCUT2D eigenvalue weighted by Gasteiger charge is -2.10. The first-order chi connectivity index (χ1) is 12.7. The van der Waals surface area contributed by atoms with E-state index in [2.05, 4.69) is 4.98 Å². The third-order valence-corrected chi connectivity index (χ3v) is 5.00. The molecule has 0 amide bonds. The zero-order chi connectivity index (χ0) is 20.2. The summed E-state index contributed by atoms with van der Waals surface area (Å²) in [5.41, 5.74) is -0.00781. The zero-order valence-corrected chi connectivity index (χ0v) is 15.7. The molecule has 0 radical (unpaired) electrons. The molecule has 0 aliphatic carbocycles. The maximum Gasteiger partial charge on any atom is 0.416 e. The number of alkyl halides is 3. The number of carbonyl (C=O) groups is 1. The number of aryl methyl sites for hydroxylation is 1. The minimum absolute atomic E-state index is 0.0302. The fraction of sp³-hybridized carbons (Fsp3) is 0.444. The highest BCUT2D eigenvalue weighted by Crippen LogP contribution is 2.33. The van der Waals surface area contributed by atoms with Crippen LogP contribution in [0.1, 0.15) is 32.3 Å². The number of ketones is 1. The summed E-state index contributed by atoms with van der Waals surface area (Å²) in [6.45, 7) is 3.97. The lowest BCUT2D eigenvalue weighted by molar-refractivity contribution is -0.137. The summed E-state index contributed by atoms with van der Waals surface area (Å²) >= 11 is 1.08. The molecule has 1 aromatic carbocycles. The fourth-order valence-corrected chi connectivity index (χ4v) is 3.50. The number of nitrogens with zero attached hydrogens (tertiary/aromatic N) is 3. The first-order valence-electron chi connectivity index (χ1n) is 8.36. The quantitative estimate of drug-likeness (QED) is 0.518. The largest absolute Gasteiger partial charge is 0.416 e. The second-order valence-electron chi connectivity index (χ2n) is 6.10. The van der Waals surface area contributed by atoms with E-state index < -0.39 is 23.4 Å². The number of unbranched alkanes of at least 4 members (excludes halogenated alkanes) is 1. The third-order valence-electron chi connectivity index (χ3n) is 4.00. The van der Waals surface area contributed by atoms with Crippen LogP contribution >= 0.6 is 11.8 Å². The number of hydrogen-bond acceptors (Lipinski definition) is 5. The highest BCUT2D eigenvalue weighted by molar-refractivity contribution is 7.99. The van der Waals surface area contributed by atoms with E-state index in [1.54, 1.807) is 10.6 Å². The second kappa shape index (κ2) is 8.57. The molecule has 0 spiro atoms. The minimum atomic E-state index is -4.45. The number of benzene rings is 1. The predicted octanol–water partition coefficient (Wildman–Crippen LogP) is 4.70. The average molecular weight is 396 g/mol. The molecule has 0 aliphatic rings. The number of hydrogen-bond donors (Lipinski definition) is 1. The van der Waals surface area contributed by atoms with Crippen molar-refractivity contribution in [3.63, 3.8) is 0 Å². The van der Waals surface area contributed by atoms with E-state index in [1.165, 1.54) is 13.0 Å². The zero-order valence-electron chi connectivity index (χ0n) is 14.9. The molecular formula is C18H19F3N4OS. The lowest BCUT2D eigenvalue weighted by atomic mass is 10.0. The molecule has 2 rings (SSSR count). The first-order valence-corrected chi connectivity index (χ1v) is 9.35. The van der Waals surface area contributed by atoms with Gasteiger partial charge in [0.1, 0.15) is 5.92 Å². The molecule has 1 heterocycles. The van der Waals surface area contributed by atoms with Crippen molar-refractivity contribution in [1.29, 1.82) is 10.7 Å². The lowest BCUT2D eigenvalue weighted by Crippen LogP contribution is -2.21. The molecule has 9 heteroatoms. The Morgan fingerprint density at radius 1 is 1.44 bits per heavy atom. The summed E-state index contributed by atoms with van der Waals surface area (Å²) in [6, 6.07) is 5.22. The van der Waals surface area contributed by atoms with Crippen LogP contribution in [0.15, 0.2) is 23.4 Å². The van der Waals surface area contributed by atoms with E-state index in [0.29, 0.717) is 17.2 Å². The Bertz CT molecular complexity index is 898. The van der Waals surface area contributed by atoms with Gasteiger partial charge >= 0.3 is 6.18 Å². The summed E-state index contributed by atoms with van der Waals surface area (Å²) in [5, 5.41) is 16.9. The molecule has 0 unspecified atom stereocenters. The Kier molecular flexibility index (Phi) is 6.65. The van der Waals surface area contributed by atoms with Crippen LogP contribution in [-0.4, -0.2) is 26.8 Å². The number of nitrogens with one attached hydrogen (secondary N) is 1. The van der Waals surface area contributed by atoms with Crippen LogP contribution in [0.25, 0.3) is 11.0 Å².